The summed E-state index contributed by atoms with van der Waals surface area (Å²) in [7, 11) is 1.75. The third-order valence-corrected chi connectivity index (χ3v) is 5.25. The maximum Gasteiger partial charge on any atom is 0.310 e. The fourth-order valence-corrected chi connectivity index (χ4v) is 3.59. The summed E-state index contributed by atoms with van der Waals surface area (Å²) < 4.78 is 5.18. The van der Waals surface area contributed by atoms with Crippen molar-refractivity contribution in [3.05, 3.63) is 35.4 Å². The van der Waals surface area contributed by atoms with Crippen LogP contribution in [0, 0.1) is 5.92 Å². The minimum Gasteiger partial charge on any atom is -0.466 e. The minimum atomic E-state index is -0.124. The Labute approximate surface area is 174 Å². The van der Waals surface area contributed by atoms with Gasteiger partial charge in [-0.15, -0.1) is 0 Å². The van der Waals surface area contributed by atoms with E-state index in [1.807, 2.05) is 49.9 Å². The van der Waals surface area contributed by atoms with Gasteiger partial charge in [-0.3, -0.25) is 14.6 Å². The number of guanidine groups is 1. The van der Waals surface area contributed by atoms with Crippen molar-refractivity contribution in [2.24, 2.45) is 10.9 Å². The van der Waals surface area contributed by atoms with E-state index in [9.17, 15) is 9.59 Å². The van der Waals surface area contributed by atoms with Crippen LogP contribution in [0.4, 0.5) is 0 Å². The summed E-state index contributed by atoms with van der Waals surface area (Å²) in [5.41, 5.74) is 1.77. The second kappa shape index (κ2) is 11.4. The van der Waals surface area contributed by atoms with Crippen LogP contribution in [-0.2, 0) is 16.1 Å². The quantitative estimate of drug-likeness (QED) is 0.431. The van der Waals surface area contributed by atoms with Crippen molar-refractivity contribution >= 4 is 17.8 Å². The van der Waals surface area contributed by atoms with Crippen molar-refractivity contribution < 1.29 is 14.3 Å². The Balaban J connectivity index is 1.93. The van der Waals surface area contributed by atoms with Crippen LogP contribution in [0.15, 0.2) is 29.3 Å². The van der Waals surface area contributed by atoms with Crippen molar-refractivity contribution in [3.63, 3.8) is 0 Å². The average molecular weight is 403 g/mol. The molecule has 0 aromatic heterocycles. The molecule has 1 atom stereocenters. The molecule has 1 aliphatic heterocycles. The number of rotatable bonds is 7. The Morgan fingerprint density at radius 2 is 1.90 bits per heavy atom. The van der Waals surface area contributed by atoms with Crippen LogP contribution in [-0.4, -0.2) is 67.5 Å². The molecule has 1 aliphatic rings. The molecule has 1 saturated heterocycles. The van der Waals surface area contributed by atoms with E-state index < -0.39 is 0 Å². The van der Waals surface area contributed by atoms with Crippen LogP contribution >= 0.6 is 0 Å². The predicted molar refractivity (Wildman–Crippen MR) is 115 cm³/mol. The van der Waals surface area contributed by atoms with E-state index in [0.717, 1.165) is 30.9 Å². The van der Waals surface area contributed by atoms with Gasteiger partial charge in [0, 0.05) is 45.3 Å². The highest BCUT2D eigenvalue weighted by Crippen LogP contribution is 2.18. The molecule has 1 unspecified atom stereocenters. The molecule has 0 radical (unpaired) electrons. The van der Waals surface area contributed by atoms with E-state index >= 15 is 0 Å². The van der Waals surface area contributed by atoms with E-state index in [1.165, 1.54) is 0 Å². The fourth-order valence-electron chi connectivity index (χ4n) is 3.59. The molecule has 7 heteroatoms. The second-order valence-corrected chi connectivity index (χ2v) is 7.11. The highest BCUT2D eigenvalue weighted by molar-refractivity contribution is 5.94. The maximum atomic E-state index is 12.4. The zero-order chi connectivity index (χ0) is 21.2. The van der Waals surface area contributed by atoms with Crippen molar-refractivity contribution in [2.45, 2.75) is 40.2 Å². The van der Waals surface area contributed by atoms with Gasteiger partial charge < -0.3 is 19.9 Å². The van der Waals surface area contributed by atoms with Crippen molar-refractivity contribution in [1.29, 1.82) is 0 Å². The molecule has 2 rings (SSSR count). The zero-order valence-electron chi connectivity index (χ0n) is 18.1. The monoisotopic (exact) mass is 402 g/mol. The molecule has 0 bridgehead atoms. The van der Waals surface area contributed by atoms with E-state index in [2.05, 4.69) is 15.2 Å². The molecule has 1 N–H and O–H groups in total. The Bertz CT molecular complexity index is 699. The van der Waals surface area contributed by atoms with Crippen molar-refractivity contribution in [1.82, 2.24) is 15.1 Å². The minimum absolute atomic E-state index is 0.0589. The number of esters is 1. The van der Waals surface area contributed by atoms with Crippen LogP contribution in [0.25, 0.3) is 0 Å². The normalized spacial score (nSPS) is 17.0. The van der Waals surface area contributed by atoms with Gasteiger partial charge in [-0.2, -0.15) is 0 Å². The summed E-state index contributed by atoms with van der Waals surface area (Å²) in [6.45, 7) is 9.72. The summed E-state index contributed by atoms with van der Waals surface area (Å²) in [6, 6.07) is 7.68. The summed E-state index contributed by atoms with van der Waals surface area (Å²) in [5.74, 6) is 0.611. The van der Waals surface area contributed by atoms with Crippen LogP contribution < -0.4 is 5.32 Å². The summed E-state index contributed by atoms with van der Waals surface area (Å²) in [4.78, 5) is 32.8. The highest BCUT2D eigenvalue weighted by Gasteiger charge is 2.28. The van der Waals surface area contributed by atoms with E-state index in [-0.39, 0.29) is 17.8 Å². The lowest BCUT2D eigenvalue weighted by molar-refractivity contribution is -0.149. The molecular weight excluding hydrogens is 368 g/mol. The largest absolute Gasteiger partial charge is 0.466 e. The lowest BCUT2D eigenvalue weighted by Crippen LogP contribution is -2.48. The van der Waals surface area contributed by atoms with Crippen molar-refractivity contribution in [3.8, 4) is 0 Å². The third-order valence-electron chi connectivity index (χ3n) is 5.25. The van der Waals surface area contributed by atoms with Gasteiger partial charge in [-0.05, 0) is 51.3 Å². The van der Waals surface area contributed by atoms with Gasteiger partial charge >= 0.3 is 5.97 Å². The molecule has 1 aromatic rings. The first-order chi connectivity index (χ1) is 14.0. The Morgan fingerprint density at radius 1 is 1.21 bits per heavy atom. The maximum absolute atomic E-state index is 12.4. The number of carbonyl (C=O) groups excluding carboxylic acids is 2. The van der Waals surface area contributed by atoms with Crippen molar-refractivity contribution in [2.75, 3.05) is 39.8 Å². The summed E-state index contributed by atoms with van der Waals surface area (Å²) in [6.07, 6.45) is 1.79. The fraction of sp³-hybridized carbons (Fsp3) is 0.591. The summed E-state index contributed by atoms with van der Waals surface area (Å²) in [5, 5.41) is 3.37. The number of carbonyl (C=O) groups is 2. The third kappa shape index (κ3) is 6.21. The number of nitrogens with one attached hydrogen (secondary N) is 1. The molecule has 0 spiro atoms. The standard InChI is InChI=1S/C22H34N4O3/c1-5-25(6-2)20(27)18-12-10-17(11-13-18)15-24-22(23-4)26-14-8-9-19(16-26)21(28)29-7-3/h10-13,19H,5-9,14-16H2,1-4H3,(H,23,24). The molecule has 1 amide bonds. The number of hydrogen-bond acceptors (Lipinski definition) is 4. The molecule has 160 valence electrons. The van der Waals surface area contributed by atoms with Crippen LogP contribution in [0.2, 0.25) is 0 Å². The van der Waals surface area contributed by atoms with E-state index in [0.29, 0.717) is 38.3 Å². The number of likely N-dealkylation sites (tertiary alicyclic amines) is 1. The number of amides is 1. The molecule has 0 saturated carbocycles. The van der Waals surface area contributed by atoms with Gasteiger partial charge in [-0.1, -0.05) is 12.1 Å². The smallest absolute Gasteiger partial charge is 0.310 e. The van der Waals surface area contributed by atoms with Gasteiger partial charge in [0.2, 0.25) is 0 Å². The number of benzene rings is 1. The zero-order valence-corrected chi connectivity index (χ0v) is 18.1. The first-order valence-corrected chi connectivity index (χ1v) is 10.5. The lowest BCUT2D eigenvalue weighted by Gasteiger charge is -2.34. The predicted octanol–water partition coefficient (Wildman–Crippen LogP) is 2.52. The molecule has 1 aromatic carbocycles. The van der Waals surface area contributed by atoms with E-state index in [4.69, 9.17) is 4.74 Å². The topological polar surface area (TPSA) is 74.2 Å². The van der Waals surface area contributed by atoms with Gasteiger partial charge in [0.05, 0.1) is 12.5 Å². The molecule has 29 heavy (non-hydrogen) atoms. The Kier molecular flexibility index (Phi) is 8.96. The molecule has 0 aliphatic carbocycles. The molecular formula is C22H34N4O3. The lowest BCUT2D eigenvalue weighted by atomic mass is 9.98. The van der Waals surface area contributed by atoms with Crippen LogP contribution in [0.3, 0.4) is 0 Å². The SMILES string of the molecule is CCOC(=O)C1CCCN(C(=NC)NCc2ccc(C(=O)N(CC)CC)cc2)C1. The van der Waals surface area contributed by atoms with Gasteiger partial charge in [0.15, 0.2) is 5.96 Å². The number of piperidine rings is 1. The molecule has 7 nitrogen and oxygen atoms in total. The highest BCUT2D eigenvalue weighted by atomic mass is 16.5. The summed E-state index contributed by atoms with van der Waals surface area (Å²) >= 11 is 0. The number of aliphatic imine (C=N–C) groups is 1. The molecule has 1 fully saturated rings. The van der Waals surface area contributed by atoms with Gasteiger partial charge in [0.25, 0.3) is 5.91 Å². The Morgan fingerprint density at radius 3 is 2.48 bits per heavy atom. The molecule has 1 heterocycles. The average Bonchev–Trinajstić information content (AvgIpc) is 2.76. The Hall–Kier alpha value is -2.57. The van der Waals surface area contributed by atoms with E-state index in [1.54, 1.807) is 7.05 Å². The van der Waals surface area contributed by atoms with Gasteiger partial charge in [0.1, 0.15) is 0 Å². The van der Waals surface area contributed by atoms with Crippen LogP contribution in [0.5, 0.6) is 0 Å². The van der Waals surface area contributed by atoms with Crippen LogP contribution in [0.1, 0.15) is 49.5 Å². The first-order valence-electron chi connectivity index (χ1n) is 10.5. The number of hydrogen-bond donors (Lipinski definition) is 1. The number of ether oxygens (including phenoxy) is 1. The first kappa shape index (κ1) is 22.7. The van der Waals surface area contributed by atoms with Gasteiger partial charge in [-0.25, -0.2) is 0 Å². The number of nitrogens with zero attached hydrogens (tertiary/aromatic N) is 3. The second-order valence-electron chi connectivity index (χ2n) is 7.11.